The molecule has 1 atom stereocenters. The van der Waals surface area contributed by atoms with Gasteiger partial charge in [-0.1, -0.05) is 0 Å². The lowest BCUT2D eigenvalue weighted by Gasteiger charge is -2.43. The number of nitrogen functional groups attached to an aromatic ring is 1. The number of anilines is 2. The molecule has 28 heavy (non-hydrogen) atoms. The molecule has 2 heterocycles. The van der Waals surface area contributed by atoms with E-state index in [1.54, 1.807) is 6.07 Å². The second kappa shape index (κ2) is 7.78. The van der Waals surface area contributed by atoms with Gasteiger partial charge in [-0.25, -0.2) is 9.18 Å². The summed E-state index contributed by atoms with van der Waals surface area (Å²) in [5, 5.41) is 3.45. The van der Waals surface area contributed by atoms with E-state index in [0.717, 1.165) is 44.6 Å². The molecular weight excluding hydrogens is 359 g/mol. The summed E-state index contributed by atoms with van der Waals surface area (Å²) in [6, 6.07) is 4.80. The number of hydrogen-bond acceptors (Lipinski definition) is 5. The Morgan fingerprint density at radius 3 is 2.57 bits per heavy atom. The molecule has 2 aliphatic rings. The van der Waals surface area contributed by atoms with Gasteiger partial charge in [-0.2, -0.15) is 0 Å². The number of hydrogen-bond donors (Lipinski definition) is 2. The first-order valence-corrected chi connectivity index (χ1v) is 10.1. The highest BCUT2D eigenvalue weighted by molar-refractivity contribution is 5.69. The summed E-state index contributed by atoms with van der Waals surface area (Å²) in [4.78, 5) is 16.7. The Kier molecular flexibility index (Phi) is 5.75. The number of likely N-dealkylation sites (tertiary alicyclic amines) is 2. The first kappa shape index (κ1) is 20.7. The summed E-state index contributed by atoms with van der Waals surface area (Å²) in [6.07, 6.45) is 2.70. The standard InChI is InChI=1S/C21H33FN4O2/c1-20(2,3)28-19(27)25-12-9-21(4,14-25)26-10-7-16(8-11-26)24-18-6-5-15(22)13-17(18)23/h5-6,13,16,24H,7-12,14,23H2,1-4H3. The summed E-state index contributed by atoms with van der Waals surface area (Å²) in [5.74, 6) is -0.318. The van der Waals surface area contributed by atoms with Crippen molar-refractivity contribution in [2.24, 2.45) is 0 Å². The zero-order valence-corrected chi connectivity index (χ0v) is 17.4. The molecule has 1 unspecified atom stereocenters. The fourth-order valence-corrected chi connectivity index (χ4v) is 4.13. The predicted molar refractivity (Wildman–Crippen MR) is 110 cm³/mol. The number of piperidine rings is 1. The Morgan fingerprint density at radius 1 is 1.29 bits per heavy atom. The molecule has 0 aromatic heterocycles. The van der Waals surface area contributed by atoms with Crippen LogP contribution in [-0.4, -0.2) is 59.3 Å². The summed E-state index contributed by atoms with van der Waals surface area (Å²) in [6.45, 7) is 11.3. The van der Waals surface area contributed by atoms with Crippen molar-refractivity contribution < 1.29 is 13.9 Å². The number of ether oxygens (including phenoxy) is 1. The number of nitrogens with zero attached hydrogens (tertiary/aromatic N) is 2. The fraction of sp³-hybridized carbons (Fsp3) is 0.667. The molecule has 0 radical (unpaired) electrons. The number of nitrogens with one attached hydrogen (secondary N) is 1. The number of amides is 1. The molecule has 0 saturated carbocycles. The van der Waals surface area contributed by atoms with Crippen molar-refractivity contribution in [3.8, 4) is 0 Å². The molecule has 0 aliphatic carbocycles. The average Bonchev–Trinajstić information content (AvgIpc) is 3.00. The van der Waals surface area contributed by atoms with Crippen LogP contribution in [0, 0.1) is 5.82 Å². The van der Waals surface area contributed by atoms with Crippen LogP contribution < -0.4 is 11.1 Å². The van der Waals surface area contributed by atoms with Crippen molar-refractivity contribution >= 4 is 17.5 Å². The van der Waals surface area contributed by atoms with Crippen LogP contribution in [0.25, 0.3) is 0 Å². The van der Waals surface area contributed by atoms with Gasteiger partial charge in [0.1, 0.15) is 11.4 Å². The fourth-order valence-electron chi connectivity index (χ4n) is 4.13. The molecule has 2 aliphatic heterocycles. The quantitative estimate of drug-likeness (QED) is 0.768. The maximum Gasteiger partial charge on any atom is 0.410 e. The smallest absolute Gasteiger partial charge is 0.410 e. The third-order valence-corrected chi connectivity index (χ3v) is 5.74. The zero-order chi connectivity index (χ0) is 20.5. The van der Waals surface area contributed by atoms with E-state index in [1.165, 1.54) is 12.1 Å². The van der Waals surface area contributed by atoms with Crippen LogP contribution in [0.2, 0.25) is 0 Å². The minimum absolute atomic E-state index is 0.0171. The number of rotatable bonds is 3. The van der Waals surface area contributed by atoms with Gasteiger partial charge < -0.3 is 20.7 Å². The monoisotopic (exact) mass is 392 g/mol. The van der Waals surface area contributed by atoms with E-state index in [4.69, 9.17) is 10.5 Å². The van der Waals surface area contributed by atoms with Crippen molar-refractivity contribution in [2.45, 2.75) is 64.1 Å². The Labute approximate surface area is 167 Å². The van der Waals surface area contributed by atoms with Crippen molar-refractivity contribution in [1.82, 2.24) is 9.80 Å². The third kappa shape index (κ3) is 4.87. The lowest BCUT2D eigenvalue weighted by molar-refractivity contribution is 0.0232. The summed E-state index contributed by atoms with van der Waals surface area (Å²) >= 11 is 0. The number of carbonyl (C=O) groups is 1. The molecule has 1 amide bonds. The van der Waals surface area contributed by atoms with Crippen LogP contribution >= 0.6 is 0 Å². The van der Waals surface area contributed by atoms with Gasteiger partial charge in [0.15, 0.2) is 0 Å². The molecule has 6 nitrogen and oxygen atoms in total. The van der Waals surface area contributed by atoms with Gasteiger partial charge in [-0.3, -0.25) is 4.90 Å². The number of nitrogens with two attached hydrogens (primary N) is 1. The highest BCUT2D eigenvalue weighted by Crippen LogP contribution is 2.32. The Hall–Kier alpha value is -2.02. The topological polar surface area (TPSA) is 70.8 Å². The van der Waals surface area contributed by atoms with Gasteiger partial charge in [0, 0.05) is 37.8 Å². The second-order valence-electron chi connectivity index (χ2n) is 9.29. The Morgan fingerprint density at radius 2 is 1.96 bits per heavy atom. The van der Waals surface area contributed by atoms with Gasteiger partial charge in [-0.05, 0) is 65.2 Å². The first-order chi connectivity index (χ1) is 13.1. The molecule has 1 aromatic carbocycles. The zero-order valence-electron chi connectivity index (χ0n) is 17.4. The largest absolute Gasteiger partial charge is 0.444 e. The molecule has 2 saturated heterocycles. The molecule has 0 bridgehead atoms. The average molecular weight is 393 g/mol. The van der Waals surface area contributed by atoms with Crippen molar-refractivity contribution in [3.05, 3.63) is 24.0 Å². The van der Waals surface area contributed by atoms with E-state index < -0.39 is 5.60 Å². The van der Waals surface area contributed by atoms with E-state index in [9.17, 15) is 9.18 Å². The molecule has 156 valence electrons. The SMILES string of the molecule is CC(C)(C)OC(=O)N1CCC(C)(N2CCC(Nc3ccc(F)cc3N)CC2)C1. The highest BCUT2D eigenvalue weighted by Gasteiger charge is 2.42. The van der Waals surface area contributed by atoms with E-state index >= 15 is 0 Å². The summed E-state index contributed by atoms with van der Waals surface area (Å²) in [7, 11) is 0. The highest BCUT2D eigenvalue weighted by atomic mass is 19.1. The van der Waals surface area contributed by atoms with Crippen LogP contribution in [0.1, 0.15) is 47.0 Å². The molecular formula is C21H33FN4O2. The molecule has 3 N–H and O–H groups in total. The first-order valence-electron chi connectivity index (χ1n) is 10.1. The summed E-state index contributed by atoms with van der Waals surface area (Å²) in [5.41, 5.74) is 6.66. The molecule has 7 heteroatoms. The van der Waals surface area contributed by atoms with Crippen molar-refractivity contribution in [3.63, 3.8) is 0 Å². The van der Waals surface area contributed by atoms with E-state index in [0.29, 0.717) is 18.3 Å². The van der Waals surface area contributed by atoms with Crippen LogP contribution in [0.5, 0.6) is 0 Å². The predicted octanol–water partition coefficient (Wildman–Crippen LogP) is 3.68. The Balaban J connectivity index is 1.52. The van der Waals surface area contributed by atoms with Gasteiger partial charge in [0.05, 0.1) is 11.4 Å². The maximum atomic E-state index is 13.2. The maximum absolute atomic E-state index is 13.2. The van der Waals surface area contributed by atoms with Crippen LogP contribution in [0.4, 0.5) is 20.6 Å². The minimum atomic E-state index is -0.470. The van der Waals surface area contributed by atoms with Crippen LogP contribution in [0.3, 0.4) is 0 Å². The number of halogens is 1. The molecule has 1 aromatic rings. The number of carbonyl (C=O) groups excluding carboxylic acids is 1. The Bertz CT molecular complexity index is 713. The molecule has 0 spiro atoms. The van der Waals surface area contributed by atoms with Gasteiger partial charge in [-0.15, -0.1) is 0 Å². The van der Waals surface area contributed by atoms with Crippen LogP contribution in [-0.2, 0) is 4.74 Å². The normalized spacial score (nSPS) is 24.4. The van der Waals surface area contributed by atoms with E-state index in [2.05, 4.69) is 17.1 Å². The van der Waals surface area contributed by atoms with Gasteiger partial charge >= 0.3 is 6.09 Å². The van der Waals surface area contributed by atoms with Crippen molar-refractivity contribution in [2.75, 3.05) is 37.2 Å². The van der Waals surface area contributed by atoms with Crippen molar-refractivity contribution in [1.29, 1.82) is 0 Å². The minimum Gasteiger partial charge on any atom is -0.444 e. The lowest BCUT2D eigenvalue weighted by Crippen LogP contribution is -2.53. The third-order valence-electron chi connectivity index (χ3n) is 5.74. The number of benzene rings is 1. The van der Waals surface area contributed by atoms with Gasteiger partial charge in [0.25, 0.3) is 0 Å². The second-order valence-corrected chi connectivity index (χ2v) is 9.29. The van der Waals surface area contributed by atoms with E-state index in [1.807, 2.05) is 25.7 Å². The van der Waals surface area contributed by atoms with Crippen LogP contribution in [0.15, 0.2) is 18.2 Å². The van der Waals surface area contributed by atoms with Gasteiger partial charge in [0.2, 0.25) is 0 Å². The molecule has 3 rings (SSSR count). The lowest BCUT2D eigenvalue weighted by atomic mass is 9.94. The van der Waals surface area contributed by atoms with E-state index in [-0.39, 0.29) is 17.4 Å². The summed E-state index contributed by atoms with van der Waals surface area (Å²) < 4.78 is 18.7. The molecule has 2 fully saturated rings.